The fourth-order valence-corrected chi connectivity index (χ4v) is 2.47. The van der Waals surface area contributed by atoms with Crippen molar-refractivity contribution in [2.45, 2.75) is 45.3 Å². The summed E-state index contributed by atoms with van der Waals surface area (Å²) in [6.07, 6.45) is -2.16. The van der Waals surface area contributed by atoms with E-state index >= 15 is 0 Å². The van der Waals surface area contributed by atoms with Crippen molar-refractivity contribution in [3.8, 4) is 6.07 Å². The second-order valence-corrected chi connectivity index (χ2v) is 5.38. The number of hydrogen-bond acceptors (Lipinski definition) is 11. The molecule has 1 fully saturated rings. The third kappa shape index (κ3) is 4.05. The maximum Gasteiger partial charge on any atom is 0.393 e. The Bertz CT molecular complexity index is 710. The van der Waals surface area contributed by atoms with Crippen molar-refractivity contribution in [1.29, 1.82) is 5.26 Å². The molecule has 0 unspecified atom stereocenters. The molecule has 138 valence electrons. The minimum Gasteiger partial charge on any atom is -0.463 e. The van der Waals surface area contributed by atoms with E-state index in [1.54, 1.807) is 6.07 Å². The number of allylic oxidation sites excluding steroid dienone is 1. The lowest BCUT2D eigenvalue weighted by molar-refractivity contribution is -0.166. The van der Waals surface area contributed by atoms with Crippen LogP contribution in [0.4, 0.5) is 0 Å². The molecule has 1 saturated heterocycles. The van der Waals surface area contributed by atoms with Gasteiger partial charge in [-0.1, -0.05) is 4.90 Å². The van der Waals surface area contributed by atoms with E-state index in [1.807, 2.05) is 0 Å². The highest BCUT2D eigenvalue weighted by Gasteiger charge is 2.56. The summed E-state index contributed by atoms with van der Waals surface area (Å²) in [6.45, 7) is 3.18. The van der Waals surface area contributed by atoms with Crippen molar-refractivity contribution in [2.75, 3.05) is 6.61 Å². The number of carbonyl (C=O) groups is 3. The summed E-state index contributed by atoms with van der Waals surface area (Å²) in [4.78, 5) is 38.5. The van der Waals surface area contributed by atoms with Crippen LogP contribution in [0.25, 0.3) is 0 Å². The molecule has 4 atom stereocenters. The summed E-state index contributed by atoms with van der Waals surface area (Å²) < 4.78 is 20.9. The lowest BCUT2D eigenvalue weighted by Crippen LogP contribution is -2.46. The molecule has 11 nitrogen and oxygen atoms in total. The fraction of sp³-hybridized carbons (Fsp3) is 0.533. The molecule has 2 heterocycles. The Hall–Kier alpha value is -3.22. The number of nitrogens with zero attached hydrogens (tertiary/aromatic N) is 3. The van der Waals surface area contributed by atoms with Gasteiger partial charge in [-0.3, -0.25) is 14.4 Å². The topological polar surface area (TPSA) is 148 Å². The predicted molar refractivity (Wildman–Crippen MR) is 80.9 cm³/mol. The van der Waals surface area contributed by atoms with Crippen molar-refractivity contribution >= 4 is 24.2 Å². The number of aliphatic hydroxyl groups is 1. The van der Waals surface area contributed by atoms with E-state index in [0.717, 1.165) is 18.7 Å². The van der Waals surface area contributed by atoms with Crippen LogP contribution in [-0.2, 0) is 33.3 Å². The smallest absolute Gasteiger partial charge is 0.393 e. The fourth-order valence-electron chi connectivity index (χ4n) is 2.47. The molecule has 0 spiro atoms. The minimum absolute atomic E-state index is 0.290. The van der Waals surface area contributed by atoms with Crippen LogP contribution in [0.2, 0.25) is 0 Å². The van der Waals surface area contributed by atoms with Gasteiger partial charge in [0.05, 0.1) is 0 Å². The second-order valence-electron chi connectivity index (χ2n) is 5.38. The first kappa shape index (κ1) is 19.1. The van der Waals surface area contributed by atoms with Gasteiger partial charge < -0.3 is 24.1 Å². The summed E-state index contributed by atoms with van der Waals surface area (Å²) in [5, 5.41) is 18.9. The van der Waals surface area contributed by atoms with Gasteiger partial charge in [-0.25, -0.2) is 0 Å². The van der Waals surface area contributed by atoms with Crippen LogP contribution in [-0.4, -0.2) is 65.4 Å². The molecule has 2 rings (SSSR count). The van der Waals surface area contributed by atoms with Crippen LogP contribution in [0.15, 0.2) is 16.6 Å². The molecule has 2 aliphatic heterocycles. The van der Waals surface area contributed by atoms with Crippen molar-refractivity contribution in [2.24, 2.45) is 4.99 Å². The maximum atomic E-state index is 11.5. The summed E-state index contributed by atoms with van der Waals surface area (Å²) in [5.41, 5.74) is -0.317. The lowest BCUT2D eigenvalue weighted by atomic mass is 10.1. The van der Waals surface area contributed by atoms with Gasteiger partial charge >= 0.3 is 29.5 Å². The Balaban J connectivity index is 2.33. The second kappa shape index (κ2) is 7.77. The van der Waals surface area contributed by atoms with Crippen molar-refractivity contribution in [1.82, 2.24) is 4.90 Å². The Kier molecular flexibility index (Phi) is 5.71. The van der Waals surface area contributed by atoms with E-state index in [0.29, 0.717) is 0 Å². The van der Waals surface area contributed by atoms with Gasteiger partial charge in [-0.2, -0.15) is 5.26 Å². The van der Waals surface area contributed by atoms with E-state index in [-0.39, 0.29) is 12.3 Å². The predicted octanol–water partition coefficient (Wildman–Crippen LogP) is -0.391. The van der Waals surface area contributed by atoms with Gasteiger partial charge in [0.15, 0.2) is 12.2 Å². The van der Waals surface area contributed by atoms with Crippen LogP contribution in [0.1, 0.15) is 20.8 Å². The van der Waals surface area contributed by atoms with Crippen molar-refractivity contribution in [3.63, 3.8) is 0 Å². The Morgan fingerprint density at radius 2 is 1.85 bits per heavy atom. The van der Waals surface area contributed by atoms with Gasteiger partial charge in [0.1, 0.15) is 12.7 Å². The molecule has 0 aromatic heterocycles. The van der Waals surface area contributed by atoms with Gasteiger partial charge in [0, 0.05) is 20.8 Å². The van der Waals surface area contributed by atoms with Gasteiger partial charge in [-0.05, 0) is 4.99 Å². The highest BCUT2D eigenvalue weighted by molar-refractivity contribution is 5.69. The molecular weight excluding hydrogens is 350 g/mol. The minimum atomic E-state index is -1.21. The van der Waals surface area contributed by atoms with Crippen LogP contribution in [0.5, 0.6) is 0 Å². The quantitative estimate of drug-likeness (QED) is 0.387. The molecule has 0 aliphatic carbocycles. The molecule has 26 heavy (non-hydrogen) atoms. The summed E-state index contributed by atoms with van der Waals surface area (Å²) in [7, 11) is 0. The zero-order valence-corrected chi connectivity index (χ0v) is 14.2. The normalized spacial score (nSPS) is 26.9. The monoisotopic (exact) mass is 366 g/mol. The number of rotatable bonds is 5. The van der Waals surface area contributed by atoms with E-state index in [2.05, 4.69) is 11.3 Å². The number of hydrogen-bond donors (Lipinski definition) is 1. The average molecular weight is 366 g/mol. The number of carbonyl (C=O) groups excluding carboxylic acids is 3. The largest absolute Gasteiger partial charge is 0.463 e. The standard InChI is InChI=1S/C15H15N3O8/c1-7(19)23-5-11-12(24-8(2)20)13(25-9(3)21)15(26-11)18-6-17-10(4-16)14(18)22/h11-13,15H,5H2,1-3H3/p+1/t11-,12-,13-,15-/m1/s1. The molecule has 0 saturated carbocycles. The van der Waals surface area contributed by atoms with Crippen molar-refractivity contribution < 1.29 is 38.4 Å². The zero-order chi connectivity index (χ0) is 19.4. The molecule has 0 bridgehead atoms. The van der Waals surface area contributed by atoms with E-state index in [1.165, 1.54) is 6.92 Å². The highest BCUT2D eigenvalue weighted by atomic mass is 16.7. The summed E-state index contributed by atoms with van der Waals surface area (Å²) in [5.74, 6) is -2.54. The number of aliphatic imine (C=N–C) groups is 1. The number of ether oxygens (including phenoxy) is 4. The van der Waals surface area contributed by atoms with Gasteiger partial charge in [0.25, 0.3) is 6.34 Å². The highest BCUT2D eigenvalue weighted by Crippen LogP contribution is 2.32. The summed E-state index contributed by atoms with van der Waals surface area (Å²) >= 11 is 0. The van der Waals surface area contributed by atoms with Crippen LogP contribution >= 0.6 is 0 Å². The van der Waals surface area contributed by atoms with Crippen LogP contribution in [0.3, 0.4) is 0 Å². The molecule has 0 amide bonds. The Morgan fingerprint density at radius 3 is 2.35 bits per heavy atom. The zero-order valence-electron chi connectivity index (χ0n) is 14.2. The SMILES string of the molecule is CC(=O)OC[C@H]1O[C@@H](N2[C+]=NC(C#N)=C2O)[C@H](OC(C)=O)[C@@H]1OC(C)=O. The lowest BCUT2D eigenvalue weighted by Gasteiger charge is -2.23. The molecular formula is C15H16N3O8+. The first-order valence-corrected chi connectivity index (χ1v) is 7.46. The maximum absolute atomic E-state index is 11.5. The van der Waals surface area contributed by atoms with Gasteiger partial charge in [-0.15, -0.1) is 0 Å². The molecule has 0 aromatic carbocycles. The van der Waals surface area contributed by atoms with E-state index in [9.17, 15) is 19.5 Å². The number of nitriles is 1. The van der Waals surface area contributed by atoms with Crippen LogP contribution in [0, 0.1) is 11.3 Å². The van der Waals surface area contributed by atoms with E-state index < -0.39 is 48.3 Å². The molecule has 11 heteroatoms. The van der Waals surface area contributed by atoms with Gasteiger partial charge in [0.2, 0.25) is 12.3 Å². The third-order valence-corrected chi connectivity index (χ3v) is 3.41. The third-order valence-electron chi connectivity index (χ3n) is 3.41. The number of aliphatic hydroxyl groups excluding tert-OH is 1. The molecule has 1 N–H and O–H groups in total. The molecule has 2 aliphatic rings. The first-order chi connectivity index (χ1) is 12.2. The van der Waals surface area contributed by atoms with Crippen LogP contribution < -0.4 is 0 Å². The molecule has 0 radical (unpaired) electrons. The first-order valence-electron chi connectivity index (χ1n) is 7.46. The summed E-state index contributed by atoms with van der Waals surface area (Å²) in [6, 6.07) is 1.66. The Morgan fingerprint density at radius 1 is 1.23 bits per heavy atom. The number of esters is 3. The van der Waals surface area contributed by atoms with Crippen molar-refractivity contribution in [3.05, 3.63) is 11.6 Å². The average Bonchev–Trinajstić information content (AvgIpc) is 3.06. The van der Waals surface area contributed by atoms with E-state index in [4.69, 9.17) is 24.2 Å². The molecule has 0 aromatic rings. The Labute approximate surface area is 148 Å².